The summed E-state index contributed by atoms with van der Waals surface area (Å²) in [6.45, 7) is 2.22. The van der Waals surface area contributed by atoms with Gasteiger partial charge in [0.25, 0.3) is 0 Å². The summed E-state index contributed by atoms with van der Waals surface area (Å²) in [6.07, 6.45) is 4.83. The van der Waals surface area contributed by atoms with Gasteiger partial charge in [-0.15, -0.1) is 0 Å². The van der Waals surface area contributed by atoms with Crippen LogP contribution < -0.4 is 5.73 Å². The molecule has 52 valence electrons. The molecule has 0 bridgehead atoms. The van der Waals surface area contributed by atoms with Gasteiger partial charge in [-0.3, -0.25) is 0 Å². The fourth-order valence-electron chi connectivity index (χ4n) is 1.15. The third-order valence-corrected chi connectivity index (χ3v) is 1.81. The van der Waals surface area contributed by atoms with Gasteiger partial charge in [0.2, 0.25) is 0 Å². The first kappa shape index (κ1) is 6.78. The van der Waals surface area contributed by atoms with Crippen LogP contribution in [0.2, 0.25) is 0 Å². The molecule has 0 saturated carbocycles. The van der Waals surface area contributed by atoms with Gasteiger partial charge in [0, 0.05) is 11.5 Å². The van der Waals surface area contributed by atoms with Gasteiger partial charge in [-0.1, -0.05) is 19.1 Å². The van der Waals surface area contributed by atoms with Crippen LogP contribution in [0.3, 0.4) is 0 Å². The van der Waals surface area contributed by atoms with E-state index in [-0.39, 0.29) is 18.1 Å². The summed E-state index contributed by atoms with van der Waals surface area (Å²) in [6, 6.07) is 0.155. The number of rotatable bonds is 1. The van der Waals surface area contributed by atoms with Gasteiger partial charge in [-0.25, -0.2) is 0 Å². The van der Waals surface area contributed by atoms with Crippen LogP contribution >= 0.6 is 0 Å². The van der Waals surface area contributed by atoms with E-state index in [1.807, 2.05) is 19.1 Å². The summed E-state index contributed by atoms with van der Waals surface area (Å²) in [4.78, 5) is 0. The Morgan fingerprint density at radius 3 is 2.78 bits per heavy atom. The molecular formula is C7H13NO. The molecule has 0 amide bonds. The van der Waals surface area contributed by atoms with E-state index in [4.69, 9.17) is 10.8 Å². The summed E-state index contributed by atoms with van der Waals surface area (Å²) < 4.78 is 0. The highest BCUT2D eigenvalue weighted by molar-refractivity contribution is 5.10. The molecule has 0 aromatic rings. The summed E-state index contributed by atoms with van der Waals surface area (Å²) in [7, 11) is 0. The van der Waals surface area contributed by atoms with Crippen molar-refractivity contribution in [1.82, 2.24) is 0 Å². The first-order valence-corrected chi connectivity index (χ1v) is 3.22. The molecule has 1 aliphatic carbocycles. The zero-order valence-corrected chi connectivity index (χ0v) is 5.67. The topological polar surface area (TPSA) is 46.2 Å². The molecule has 0 aromatic heterocycles. The van der Waals surface area contributed by atoms with E-state index in [2.05, 4.69) is 0 Å². The third kappa shape index (κ3) is 1.32. The minimum atomic E-state index is -0.0422. The standard InChI is InChI=1S/C7H13NO/c1-7(5-9)3-2-6(8)4-7/h2-3,6,9H,4-5,8H2,1H3/t6-,7+/m0/s1. The van der Waals surface area contributed by atoms with Crippen LogP contribution in [0.15, 0.2) is 12.2 Å². The maximum Gasteiger partial charge on any atom is 0.0520 e. The van der Waals surface area contributed by atoms with Crippen LogP contribution in [0.1, 0.15) is 13.3 Å². The number of aliphatic hydroxyl groups excluding tert-OH is 1. The zero-order chi connectivity index (χ0) is 6.91. The second-order valence-corrected chi connectivity index (χ2v) is 3.04. The molecule has 0 aromatic carbocycles. The van der Waals surface area contributed by atoms with Crippen molar-refractivity contribution in [2.45, 2.75) is 19.4 Å². The van der Waals surface area contributed by atoms with Gasteiger partial charge in [0.1, 0.15) is 0 Å². The first-order chi connectivity index (χ1) is 4.16. The molecule has 0 saturated heterocycles. The molecule has 1 rings (SSSR count). The lowest BCUT2D eigenvalue weighted by molar-refractivity contribution is 0.180. The maximum absolute atomic E-state index is 8.84. The van der Waals surface area contributed by atoms with Gasteiger partial charge in [0.15, 0.2) is 0 Å². The number of hydrogen-bond acceptors (Lipinski definition) is 2. The normalized spacial score (nSPS) is 41.9. The maximum atomic E-state index is 8.84. The lowest BCUT2D eigenvalue weighted by Crippen LogP contribution is -2.23. The van der Waals surface area contributed by atoms with E-state index in [1.165, 1.54) is 0 Å². The van der Waals surface area contributed by atoms with Crippen molar-refractivity contribution in [3.63, 3.8) is 0 Å². The Labute approximate surface area is 55.4 Å². The molecule has 0 unspecified atom stereocenters. The summed E-state index contributed by atoms with van der Waals surface area (Å²) in [5.74, 6) is 0. The highest BCUT2D eigenvalue weighted by Crippen LogP contribution is 2.29. The average Bonchev–Trinajstić information content (AvgIpc) is 2.13. The Hall–Kier alpha value is -0.340. The van der Waals surface area contributed by atoms with Gasteiger partial charge in [-0.2, -0.15) is 0 Å². The van der Waals surface area contributed by atoms with E-state index < -0.39 is 0 Å². The molecular weight excluding hydrogens is 114 g/mol. The molecule has 3 N–H and O–H groups in total. The summed E-state index contributed by atoms with van der Waals surface area (Å²) in [5, 5.41) is 8.84. The van der Waals surface area contributed by atoms with Gasteiger partial charge < -0.3 is 10.8 Å². The van der Waals surface area contributed by atoms with Crippen molar-refractivity contribution >= 4 is 0 Å². The van der Waals surface area contributed by atoms with Gasteiger partial charge >= 0.3 is 0 Å². The van der Waals surface area contributed by atoms with Crippen LogP contribution in [0.4, 0.5) is 0 Å². The van der Waals surface area contributed by atoms with E-state index in [1.54, 1.807) is 0 Å². The number of nitrogens with two attached hydrogens (primary N) is 1. The quantitative estimate of drug-likeness (QED) is 0.497. The monoisotopic (exact) mass is 127 g/mol. The van der Waals surface area contributed by atoms with Crippen molar-refractivity contribution in [3.05, 3.63) is 12.2 Å². The minimum absolute atomic E-state index is 0.0422. The molecule has 0 heterocycles. The Morgan fingerprint density at radius 2 is 2.56 bits per heavy atom. The van der Waals surface area contributed by atoms with Crippen LogP contribution in [0.25, 0.3) is 0 Å². The summed E-state index contributed by atoms with van der Waals surface area (Å²) >= 11 is 0. The lowest BCUT2D eigenvalue weighted by Gasteiger charge is -2.18. The van der Waals surface area contributed by atoms with E-state index in [0.717, 1.165) is 6.42 Å². The Kier molecular flexibility index (Phi) is 1.60. The predicted octanol–water partition coefficient (Wildman–Crippen LogP) is 0.272. The van der Waals surface area contributed by atoms with E-state index in [0.29, 0.717) is 0 Å². The smallest absolute Gasteiger partial charge is 0.0520 e. The Balaban J connectivity index is 2.57. The fraction of sp³-hybridized carbons (Fsp3) is 0.714. The van der Waals surface area contributed by atoms with E-state index >= 15 is 0 Å². The zero-order valence-electron chi connectivity index (χ0n) is 5.67. The highest BCUT2D eigenvalue weighted by Gasteiger charge is 2.26. The number of hydrogen-bond donors (Lipinski definition) is 2. The molecule has 2 heteroatoms. The third-order valence-electron chi connectivity index (χ3n) is 1.81. The van der Waals surface area contributed by atoms with Crippen LogP contribution in [-0.4, -0.2) is 17.8 Å². The number of aliphatic hydroxyl groups is 1. The van der Waals surface area contributed by atoms with Crippen molar-refractivity contribution in [1.29, 1.82) is 0 Å². The molecule has 0 radical (unpaired) electrons. The van der Waals surface area contributed by atoms with Crippen molar-refractivity contribution in [2.24, 2.45) is 11.1 Å². The molecule has 2 atom stereocenters. The molecule has 0 spiro atoms. The lowest BCUT2D eigenvalue weighted by atomic mass is 9.91. The second-order valence-electron chi connectivity index (χ2n) is 3.04. The SMILES string of the molecule is C[C@@]1(CO)C=C[C@H](N)C1. The fourth-order valence-corrected chi connectivity index (χ4v) is 1.15. The van der Waals surface area contributed by atoms with Crippen molar-refractivity contribution < 1.29 is 5.11 Å². The van der Waals surface area contributed by atoms with Gasteiger partial charge in [-0.05, 0) is 6.42 Å². The van der Waals surface area contributed by atoms with Crippen molar-refractivity contribution in [2.75, 3.05) is 6.61 Å². The Morgan fingerprint density at radius 1 is 1.89 bits per heavy atom. The van der Waals surface area contributed by atoms with Crippen LogP contribution in [-0.2, 0) is 0 Å². The molecule has 2 nitrogen and oxygen atoms in total. The molecule has 9 heavy (non-hydrogen) atoms. The predicted molar refractivity (Wildman–Crippen MR) is 36.9 cm³/mol. The largest absolute Gasteiger partial charge is 0.395 e. The summed E-state index contributed by atoms with van der Waals surface area (Å²) in [5.41, 5.74) is 5.55. The van der Waals surface area contributed by atoms with Crippen molar-refractivity contribution in [3.8, 4) is 0 Å². The van der Waals surface area contributed by atoms with Gasteiger partial charge in [0.05, 0.1) is 6.61 Å². The van der Waals surface area contributed by atoms with Crippen LogP contribution in [0, 0.1) is 5.41 Å². The average molecular weight is 127 g/mol. The minimum Gasteiger partial charge on any atom is -0.395 e. The van der Waals surface area contributed by atoms with E-state index in [9.17, 15) is 0 Å². The molecule has 1 aliphatic rings. The molecule has 0 fully saturated rings. The first-order valence-electron chi connectivity index (χ1n) is 3.22. The molecule has 0 aliphatic heterocycles. The van der Waals surface area contributed by atoms with Crippen LogP contribution in [0.5, 0.6) is 0 Å². The highest BCUT2D eigenvalue weighted by atomic mass is 16.3. The Bertz CT molecular complexity index is 133. The second kappa shape index (κ2) is 2.12.